The fraction of sp³-hybridized carbons (Fsp3) is 0.364. The van der Waals surface area contributed by atoms with Crippen LogP contribution in [-0.4, -0.2) is 15.0 Å². The zero-order chi connectivity index (χ0) is 11.4. The van der Waals surface area contributed by atoms with Crippen molar-refractivity contribution in [1.29, 1.82) is 0 Å². The summed E-state index contributed by atoms with van der Waals surface area (Å²) in [5.41, 5.74) is 2.22. The van der Waals surface area contributed by atoms with Crippen molar-refractivity contribution in [3.63, 3.8) is 0 Å². The molecule has 0 aromatic carbocycles. The number of hydrogen-bond acceptors (Lipinski definition) is 5. The standard InChI is InChI=1S/C11H14N4S/c1-8-9(2)16-11(15-8)6-12-3-10-4-13-7-14-5-10/h4-5,7,12H,3,6H2,1-2H3. The van der Waals surface area contributed by atoms with Crippen molar-refractivity contribution in [3.05, 3.63) is 39.9 Å². The first-order valence-corrected chi connectivity index (χ1v) is 5.95. The third-order valence-electron chi connectivity index (χ3n) is 2.29. The SMILES string of the molecule is Cc1nc(CNCc2cncnc2)sc1C. The summed E-state index contributed by atoms with van der Waals surface area (Å²) in [4.78, 5) is 13.7. The van der Waals surface area contributed by atoms with Gasteiger partial charge in [-0.05, 0) is 13.8 Å². The van der Waals surface area contributed by atoms with Crippen molar-refractivity contribution in [1.82, 2.24) is 20.3 Å². The van der Waals surface area contributed by atoms with E-state index in [9.17, 15) is 0 Å². The highest BCUT2D eigenvalue weighted by Crippen LogP contribution is 2.15. The zero-order valence-corrected chi connectivity index (χ0v) is 10.2. The fourth-order valence-electron chi connectivity index (χ4n) is 1.35. The van der Waals surface area contributed by atoms with Gasteiger partial charge in [0.05, 0.1) is 5.69 Å². The Hall–Kier alpha value is -1.33. The minimum Gasteiger partial charge on any atom is -0.306 e. The second-order valence-electron chi connectivity index (χ2n) is 3.60. The predicted molar refractivity (Wildman–Crippen MR) is 64.2 cm³/mol. The Morgan fingerprint density at radius 2 is 1.94 bits per heavy atom. The molecule has 5 heteroatoms. The average Bonchev–Trinajstić information content (AvgIpc) is 2.60. The number of aryl methyl sites for hydroxylation is 2. The van der Waals surface area contributed by atoms with Gasteiger partial charge in [-0.2, -0.15) is 0 Å². The van der Waals surface area contributed by atoms with Crippen molar-refractivity contribution in [2.45, 2.75) is 26.9 Å². The highest BCUT2D eigenvalue weighted by atomic mass is 32.1. The summed E-state index contributed by atoms with van der Waals surface area (Å²) in [7, 11) is 0. The summed E-state index contributed by atoms with van der Waals surface area (Å²) in [5, 5.41) is 4.46. The molecule has 0 aliphatic heterocycles. The van der Waals surface area contributed by atoms with E-state index in [1.54, 1.807) is 11.3 Å². The lowest BCUT2D eigenvalue weighted by Crippen LogP contribution is -2.12. The summed E-state index contributed by atoms with van der Waals surface area (Å²) in [6.45, 7) is 5.72. The van der Waals surface area contributed by atoms with E-state index in [-0.39, 0.29) is 0 Å². The van der Waals surface area contributed by atoms with Crippen LogP contribution >= 0.6 is 11.3 Å². The van der Waals surface area contributed by atoms with Crippen molar-refractivity contribution < 1.29 is 0 Å². The second kappa shape index (κ2) is 5.14. The van der Waals surface area contributed by atoms with E-state index in [4.69, 9.17) is 0 Å². The first-order chi connectivity index (χ1) is 7.75. The topological polar surface area (TPSA) is 50.7 Å². The molecule has 0 amide bonds. The molecule has 0 fully saturated rings. The Morgan fingerprint density at radius 3 is 2.56 bits per heavy atom. The van der Waals surface area contributed by atoms with Gasteiger partial charge < -0.3 is 5.32 Å². The number of hydrogen-bond donors (Lipinski definition) is 1. The monoisotopic (exact) mass is 234 g/mol. The lowest BCUT2D eigenvalue weighted by atomic mass is 10.3. The van der Waals surface area contributed by atoms with E-state index in [0.29, 0.717) is 0 Å². The molecule has 0 aliphatic carbocycles. The molecule has 2 aromatic heterocycles. The molecule has 0 bridgehead atoms. The van der Waals surface area contributed by atoms with Crippen LogP contribution in [0.2, 0.25) is 0 Å². The van der Waals surface area contributed by atoms with Gasteiger partial charge in [0.15, 0.2) is 0 Å². The Kier molecular flexibility index (Phi) is 3.58. The molecule has 0 radical (unpaired) electrons. The van der Waals surface area contributed by atoms with Crippen LogP contribution in [0, 0.1) is 13.8 Å². The van der Waals surface area contributed by atoms with Crippen molar-refractivity contribution in [2.24, 2.45) is 0 Å². The van der Waals surface area contributed by atoms with Crippen LogP contribution < -0.4 is 5.32 Å². The van der Waals surface area contributed by atoms with E-state index in [1.165, 1.54) is 11.2 Å². The lowest BCUT2D eigenvalue weighted by molar-refractivity contribution is 0.684. The number of nitrogens with one attached hydrogen (secondary N) is 1. The van der Waals surface area contributed by atoms with Crippen molar-refractivity contribution >= 4 is 11.3 Å². The summed E-state index contributed by atoms with van der Waals surface area (Å²) in [6.07, 6.45) is 5.17. The third-order valence-corrected chi connectivity index (χ3v) is 3.37. The maximum Gasteiger partial charge on any atom is 0.115 e. The van der Waals surface area contributed by atoms with Gasteiger partial charge >= 0.3 is 0 Å². The van der Waals surface area contributed by atoms with E-state index < -0.39 is 0 Å². The molecule has 4 nitrogen and oxygen atoms in total. The molecular weight excluding hydrogens is 220 g/mol. The van der Waals surface area contributed by atoms with E-state index in [0.717, 1.165) is 29.4 Å². The summed E-state index contributed by atoms with van der Waals surface area (Å²) >= 11 is 1.74. The second-order valence-corrected chi connectivity index (χ2v) is 4.89. The summed E-state index contributed by atoms with van der Waals surface area (Å²) in [5.74, 6) is 0. The molecule has 0 saturated carbocycles. The summed E-state index contributed by atoms with van der Waals surface area (Å²) < 4.78 is 0. The Morgan fingerprint density at radius 1 is 1.19 bits per heavy atom. The van der Waals surface area contributed by atoms with Crippen LogP contribution in [0.15, 0.2) is 18.7 Å². The van der Waals surface area contributed by atoms with Gasteiger partial charge in [-0.15, -0.1) is 11.3 Å². The number of thiazole rings is 1. The zero-order valence-electron chi connectivity index (χ0n) is 9.40. The molecule has 16 heavy (non-hydrogen) atoms. The largest absolute Gasteiger partial charge is 0.306 e. The number of aromatic nitrogens is 3. The minimum absolute atomic E-state index is 0.776. The molecule has 2 heterocycles. The number of rotatable bonds is 4. The molecule has 0 aliphatic rings. The van der Waals surface area contributed by atoms with E-state index in [1.807, 2.05) is 19.3 Å². The van der Waals surface area contributed by atoms with Crippen LogP contribution in [0.4, 0.5) is 0 Å². The lowest BCUT2D eigenvalue weighted by Gasteiger charge is -2.00. The Labute approximate surface area is 98.8 Å². The van der Waals surface area contributed by atoms with Crippen molar-refractivity contribution in [2.75, 3.05) is 0 Å². The molecule has 0 atom stereocenters. The molecule has 0 unspecified atom stereocenters. The first-order valence-electron chi connectivity index (χ1n) is 5.13. The van der Waals surface area contributed by atoms with Crippen LogP contribution in [0.1, 0.15) is 21.1 Å². The Bertz CT molecular complexity index is 433. The van der Waals surface area contributed by atoms with E-state index >= 15 is 0 Å². The molecule has 0 spiro atoms. The van der Waals surface area contributed by atoms with Crippen LogP contribution in [0.5, 0.6) is 0 Å². The van der Waals surface area contributed by atoms with Gasteiger partial charge in [0.1, 0.15) is 11.3 Å². The first kappa shape index (κ1) is 11.2. The van der Waals surface area contributed by atoms with Gasteiger partial charge in [-0.3, -0.25) is 0 Å². The highest BCUT2D eigenvalue weighted by Gasteiger charge is 2.02. The maximum absolute atomic E-state index is 4.47. The van der Waals surface area contributed by atoms with Crippen LogP contribution in [0.3, 0.4) is 0 Å². The molecule has 84 valence electrons. The summed E-state index contributed by atoms with van der Waals surface area (Å²) in [6, 6.07) is 0. The van der Waals surface area contributed by atoms with Gasteiger partial charge in [0, 0.05) is 35.9 Å². The van der Waals surface area contributed by atoms with Crippen molar-refractivity contribution in [3.8, 4) is 0 Å². The molecule has 2 aromatic rings. The Balaban J connectivity index is 1.84. The van der Waals surface area contributed by atoms with Gasteiger partial charge in [0.2, 0.25) is 0 Å². The minimum atomic E-state index is 0.776. The fourth-order valence-corrected chi connectivity index (χ4v) is 2.25. The normalized spacial score (nSPS) is 10.6. The third kappa shape index (κ3) is 2.84. The highest BCUT2D eigenvalue weighted by molar-refractivity contribution is 7.11. The van der Waals surface area contributed by atoms with Gasteiger partial charge in [-0.1, -0.05) is 0 Å². The van der Waals surface area contributed by atoms with Crippen LogP contribution in [-0.2, 0) is 13.1 Å². The average molecular weight is 234 g/mol. The smallest absolute Gasteiger partial charge is 0.115 e. The van der Waals surface area contributed by atoms with Crippen LogP contribution in [0.25, 0.3) is 0 Å². The molecule has 2 rings (SSSR count). The maximum atomic E-state index is 4.47. The molecule has 1 N–H and O–H groups in total. The molecular formula is C11H14N4S. The predicted octanol–water partition coefficient (Wildman–Crippen LogP) is 1.84. The molecule has 0 saturated heterocycles. The number of nitrogens with zero attached hydrogens (tertiary/aromatic N) is 3. The van der Waals surface area contributed by atoms with E-state index in [2.05, 4.69) is 27.2 Å². The van der Waals surface area contributed by atoms with Gasteiger partial charge in [0.25, 0.3) is 0 Å². The quantitative estimate of drug-likeness (QED) is 0.877. The van der Waals surface area contributed by atoms with Gasteiger partial charge in [-0.25, -0.2) is 15.0 Å².